The van der Waals surface area contributed by atoms with Crippen molar-refractivity contribution in [1.29, 1.82) is 0 Å². The van der Waals surface area contributed by atoms with Crippen LogP contribution in [-0.2, 0) is 5.41 Å². The van der Waals surface area contributed by atoms with Crippen molar-refractivity contribution in [2.45, 2.75) is 40.0 Å². The van der Waals surface area contributed by atoms with E-state index < -0.39 is 0 Å². The topological polar surface area (TPSA) is 58.1 Å². The van der Waals surface area contributed by atoms with Crippen molar-refractivity contribution >= 4 is 17.4 Å². The van der Waals surface area contributed by atoms with Gasteiger partial charge >= 0.3 is 0 Å². The largest absolute Gasteiger partial charge is 0.356 e. The molecule has 0 saturated carbocycles. The molecular weight excluding hydrogens is 300 g/mol. The number of nitrogens with one attached hydrogen (secondary N) is 1. The fourth-order valence-corrected chi connectivity index (χ4v) is 2.41. The fourth-order valence-electron chi connectivity index (χ4n) is 2.41. The van der Waals surface area contributed by atoms with Gasteiger partial charge in [-0.15, -0.1) is 10.2 Å². The normalized spacial score (nSPS) is 11.2. The zero-order valence-electron chi connectivity index (χ0n) is 15.1. The number of amides is 1. The third kappa shape index (κ3) is 4.31. The van der Waals surface area contributed by atoms with Gasteiger partial charge in [0.2, 0.25) is 0 Å². The van der Waals surface area contributed by atoms with Crippen LogP contribution in [0.15, 0.2) is 36.4 Å². The Kier molecular flexibility index (Phi) is 5.54. The van der Waals surface area contributed by atoms with Gasteiger partial charge in [0.15, 0.2) is 11.5 Å². The second-order valence-electron chi connectivity index (χ2n) is 6.73. The van der Waals surface area contributed by atoms with E-state index in [9.17, 15) is 4.79 Å². The predicted molar refractivity (Wildman–Crippen MR) is 98.7 cm³/mol. The Morgan fingerprint density at radius 3 is 2.08 bits per heavy atom. The molecule has 0 radical (unpaired) electrons. The standard InChI is InChI=1S/C19H26N4O/c1-6-23(7-2)17-13-12-16(21-22-17)18(24)20-15-10-8-14(9-11-15)19(3,4)5/h8-13H,6-7H2,1-5H3,(H,20,24). The van der Waals surface area contributed by atoms with Gasteiger partial charge in [0.25, 0.3) is 5.91 Å². The van der Waals surface area contributed by atoms with Gasteiger partial charge in [-0.1, -0.05) is 32.9 Å². The van der Waals surface area contributed by atoms with Gasteiger partial charge in [-0.05, 0) is 49.1 Å². The number of benzene rings is 1. The smallest absolute Gasteiger partial charge is 0.276 e. The van der Waals surface area contributed by atoms with Crippen LogP contribution in [0.4, 0.5) is 11.5 Å². The molecule has 2 aromatic rings. The Morgan fingerprint density at radius 2 is 1.62 bits per heavy atom. The maximum atomic E-state index is 12.3. The molecule has 0 atom stereocenters. The summed E-state index contributed by atoms with van der Waals surface area (Å²) in [6, 6.07) is 11.4. The van der Waals surface area contributed by atoms with Gasteiger partial charge in [0.05, 0.1) is 0 Å². The van der Waals surface area contributed by atoms with E-state index in [-0.39, 0.29) is 11.3 Å². The molecule has 0 aliphatic carbocycles. The van der Waals surface area contributed by atoms with Gasteiger partial charge in [0, 0.05) is 18.8 Å². The Labute approximate surface area is 144 Å². The van der Waals surface area contributed by atoms with Crippen LogP contribution >= 0.6 is 0 Å². The zero-order chi connectivity index (χ0) is 17.7. The molecule has 128 valence electrons. The van der Waals surface area contributed by atoms with Crippen molar-refractivity contribution in [3.63, 3.8) is 0 Å². The summed E-state index contributed by atoms with van der Waals surface area (Å²) in [6.45, 7) is 12.3. The van der Waals surface area contributed by atoms with Crippen molar-refractivity contribution in [2.75, 3.05) is 23.3 Å². The van der Waals surface area contributed by atoms with Gasteiger partial charge in [0.1, 0.15) is 0 Å². The Hall–Kier alpha value is -2.43. The molecule has 0 unspecified atom stereocenters. The number of anilines is 2. The third-order valence-corrected chi connectivity index (χ3v) is 3.98. The Morgan fingerprint density at radius 1 is 1.00 bits per heavy atom. The van der Waals surface area contributed by atoms with E-state index in [4.69, 9.17) is 0 Å². The van der Waals surface area contributed by atoms with E-state index in [2.05, 4.69) is 55.0 Å². The minimum atomic E-state index is -0.253. The van der Waals surface area contributed by atoms with Crippen LogP contribution in [0.3, 0.4) is 0 Å². The van der Waals surface area contributed by atoms with Gasteiger partial charge in [-0.2, -0.15) is 0 Å². The molecule has 0 saturated heterocycles. The van der Waals surface area contributed by atoms with E-state index in [0.717, 1.165) is 24.6 Å². The van der Waals surface area contributed by atoms with Crippen molar-refractivity contribution in [1.82, 2.24) is 10.2 Å². The molecule has 1 N–H and O–H groups in total. The van der Waals surface area contributed by atoms with Gasteiger partial charge in [-0.3, -0.25) is 4.79 Å². The quantitative estimate of drug-likeness (QED) is 0.906. The average Bonchev–Trinajstić information content (AvgIpc) is 2.56. The number of rotatable bonds is 5. The second-order valence-corrected chi connectivity index (χ2v) is 6.73. The number of carbonyl (C=O) groups is 1. The molecule has 0 aliphatic rings. The molecule has 0 aliphatic heterocycles. The maximum Gasteiger partial charge on any atom is 0.276 e. The first kappa shape index (κ1) is 17.9. The van der Waals surface area contributed by atoms with Crippen LogP contribution in [0.1, 0.15) is 50.7 Å². The van der Waals surface area contributed by atoms with Crippen LogP contribution in [0.2, 0.25) is 0 Å². The summed E-state index contributed by atoms with van der Waals surface area (Å²) >= 11 is 0. The molecule has 5 heteroatoms. The first-order chi connectivity index (χ1) is 11.3. The van der Waals surface area contributed by atoms with Gasteiger partial charge in [-0.25, -0.2) is 0 Å². The molecule has 0 bridgehead atoms. The fraction of sp³-hybridized carbons (Fsp3) is 0.421. The van der Waals surface area contributed by atoms with Crippen LogP contribution in [0, 0.1) is 0 Å². The highest BCUT2D eigenvalue weighted by Gasteiger charge is 2.14. The molecular formula is C19H26N4O. The molecule has 1 heterocycles. The number of carbonyl (C=O) groups excluding carboxylic acids is 1. The summed E-state index contributed by atoms with van der Waals surface area (Å²) in [5, 5.41) is 11.0. The van der Waals surface area contributed by atoms with E-state index in [1.807, 2.05) is 30.3 Å². The highest BCUT2D eigenvalue weighted by atomic mass is 16.1. The van der Waals surface area contributed by atoms with Crippen LogP contribution in [0.5, 0.6) is 0 Å². The highest BCUT2D eigenvalue weighted by molar-refractivity contribution is 6.02. The maximum absolute atomic E-state index is 12.3. The number of aromatic nitrogens is 2. The molecule has 1 aromatic carbocycles. The van der Waals surface area contributed by atoms with Crippen LogP contribution in [0.25, 0.3) is 0 Å². The number of hydrogen-bond donors (Lipinski definition) is 1. The molecule has 1 amide bonds. The monoisotopic (exact) mass is 326 g/mol. The Balaban J connectivity index is 2.07. The lowest BCUT2D eigenvalue weighted by molar-refractivity contribution is 0.102. The molecule has 5 nitrogen and oxygen atoms in total. The predicted octanol–water partition coefficient (Wildman–Crippen LogP) is 3.87. The summed E-state index contributed by atoms with van der Waals surface area (Å²) in [4.78, 5) is 14.4. The van der Waals surface area contributed by atoms with Gasteiger partial charge < -0.3 is 10.2 Å². The summed E-state index contributed by atoms with van der Waals surface area (Å²) in [6.07, 6.45) is 0. The van der Waals surface area contributed by atoms with Crippen molar-refractivity contribution in [2.24, 2.45) is 0 Å². The van der Waals surface area contributed by atoms with Crippen molar-refractivity contribution in [3.05, 3.63) is 47.7 Å². The first-order valence-corrected chi connectivity index (χ1v) is 8.35. The zero-order valence-corrected chi connectivity index (χ0v) is 15.1. The summed E-state index contributed by atoms with van der Waals surface area (Å²) in [5.74, 6) is 0.531. The minimum absolute atomic E-state index is 0.0915. The third-order valence-electron chi connectivity index (χ3n) is 3.98. The number of nitrogens with zero attached hydrogens (tertiary/aromatic N) is 3. The molecule has 1 aromatic heterocycles. The number of hydrogen-bond acceptors (Lipinski definition) is 4. The molecule has 0 spiro atoms. The molecule has 0 fully saturated rings. The molecule has 2 rings (SSSR count). The second kappa shape index (κ2) is 7.43. The van der Waals surface area contributed by atoms with E-state index in [1.54, 1.807) is 6.07 Å². The highest BCUT2D eigenvalue weighted by Crippen LogP contribution is 2.23. The lowest BCUT2D eigenvalue weighted by Crippen LogP contribution is -2.24. The van der Waals surface area contributed by atoms with Crippen LogP contribution < -0.4 is 10.2 Å². The average molecular weight is 326 g/mol. The van der Waals surface area contributed by atoms with Crippen LogP contribution in [-0.4, -0.2) is 29.2 Å². The minimum Gasteiger partial charge on any atom is -0.356 e. The van der Waals surface area contributed by atoms with E-state index in [1.165, 1.54) is 5.56 Å². The molecule has 24 heavy (non-hydrogen) atoms. The summed E-state index contributed by atoms with van der Waals surface area (Å²) in [7, 11) is 0. The summed E-state index contributed by atoms with van der Waals surface area (Å²) in [5.41, 5.74) is 2.38. The van der Waals surface area contributed by atoms with Crippen molar-refractivity contribution < 1.29 is 4.79 Å². The first-order valence-electron chi connectivity index (χ1n) is 8.35. The Bertz CT molecular complexity index is 668. The SMILES string of the molecule is CCN(CC)c1ccc(C(=O)Nc2ccc(C(C)(C)C)cc2)nn1. The van der Waals surface area contributed by atoms with E-state index in [0.29, 0.717) is 5.69 Å². The lowest BCUT2D eigenvalue weighted by atomic mass is 9.87. The van der Waals surface area contributed by atoms with Crippen molar-refractivity contribution in [3.8, 4) is 0 Å². The summed E-state index contributed by atoms with van der Waals surface area (Å²) < 4.78 is 0. The van der Waals surface area contributed by atoms with E-state index >= 15 is 0 Å². The lowest BCUT2D eigenvalue weighted by Gasteiger charge is -2.19.